The van der Waals surface area contributed by atoms with E-state index in [1.807, 2.05) is 33.8 Å². The number of Topliss-reactive ketones (excluding diaryl/α,β-unsaturated/α-hetero) is 1. The lowest BCUT2D eigenvalue weighted by atomic mass is 10.1. The molecule has 1 rings (SSSR count). The van der Waals surface area contributed by atoms with Gasteiger partial charge in [-0.2, -0.15) is 0 Å². The van der Waals surface area contributed by atoms with E-state index in [1.54, 1.807) is 18.0 Å². The third-order valence-corrected chi connectivity index (χ3v) is 3.87. The van der Waals surface area contributed by atoms with E-state index in [-0.39, 0.29) is 11.1 Å². The Balaban J connectivity index is 3.05. The van der Waals surface area contributed by atoms with E-state index in [1.165, 1.54) is 0 Å². The summed E-state index contributed by atoms with van der Waals surface area (Å²) >= 11 is 4.77. The normalized spacial score (nSPS) is 10.7. The first-order valence-electron chi connectivity index (χ1n) is 6.84. The highest BCUT2D eigenvalue weighted by Gasteiger charge is 2.19. The Morgan fingerprint density at radius 3 is 2.76 bits per heavy atom. The van der Waals surface area contributed by atoms with Crippen LogP contribution in [0.15, 0.2) is 17.2 Å². The Bertz CT molecular complexity index is 561. The predicted molar refractivity (Wildman–Crippen MR) is 91.5 cm³/mol. The number of carbonyl (C=O) groups is 1. The van der Waals surface area contributed by atoms with Gasteiger partial charge in [0.25, 0.3) is 0 Å². The molecule has 21 heavy (non-hydrogen) atoms. The zero-order valence-corrected chi connectivity index (χ0v) is 15.2. The number of hydrogen-bond donors (Lipinski definition) is 0. The molecule has 1 aromatic heterocycles. The van der Waals surface area contributed by atoms with Gasteiger partial charge in [-0.15, -0.1) is 11.8 Å². The number of halogens is 1. The minimum Gasteiger partial charge on any atom is -0.474 e. The number of ether oxygens (including phenoxy) is 1. The van der Waals surface area contributed by atoms with Crippen LogP contribution in [0.5, 0.6) is 5.75 Å². The standard InChI is InChI=1S/C16H20BrNO2S/c1-5-7-8-16(3,4)20-12-9-14(21-6-2)15(18-11-12)13(19)10-17/h9,11H,5-6,10H2,1-4H3. The van der Waals surface area contributed by atoms with Crippen LogP contribution in [-0.2, 0) is 0 Å². The summed E-state index contributed by atoms with van der Waals surface area (Å²) in [5, 5.41) is 0.269. The predicted octanol–water partition coefficient (Wildman–Crippen LogP) is 4.34. The molecule has 0 fully saturated rings. The van der Waals surface area contributed by atoms with Crippen molar-refractivity contribution < 1.29 is 9.53 Å². The number of carbonyl (C=O) groups excluding carboxylic acids is 1. The van der Waals surface area contributed by atoms with Crippen molar-refractivity contribution in [2.75, 3.05) is 11.1 Å². The molecule has 0 N–H and O–H groups in total. The molecular weight excluding hydrogens is 350 g/mol. The number of pyridine rings is 1. The Morgan fingerprint density at radius 1 is 1.48 bits per heavy atom. The molecule has 1 aromatic rings. The number of alkyl halides is 1. The molecule has 0 aromatic carbocycles. The van der Waals surface area contributed by atoms with Crippen molar-refractivity contribution in [3.8, 4) is 17.6 Å². The van der Waals surface area contributed by atoms with Gasteiger partial charge in [-0.05, 0) is 25.7 Å². The average molecular weight is 370 g/mol. The maximum absolute atomic E-state index is 11.9. The lowest BCUT2D eigenvalue weighted by molar-refractivity contribution is 0.101. The van der Waals surface area contributed by atoms with Gasteiger partial charge in [0.1, 0.15) is 11.4 Å². The van der Waals surface area contributed by atoms with Gasteiger partial charge in [-0.1, -0.05) is 41.6 Å². The smallest absolute Gasteiger partial charge is 0.192 e. The zero-order valence-electron chi connectivity index (χ0n) is 12.8. The van der Waals surface area contributed by atoms with Gasteiger partial charge < -0.3 is 4.74 Å². The topological polar surface area (TPSA) is 39.2 Å². The fourth-order valence-electron chi connectivity index (χ4n) is 1.64. The largest absolute Gasteiger partial charge is 0.474 e. The van der Waals surface area contributed by atoms with Gasteiger partial charge in [0.2, 0.25) is 0 Å². The third kappa shape index (κ3) is 5.72. The second-order valence-corrected chi connectivity index (χ2v) is 6.64. The molecular formula is C16H20BrNO2S. The summed E-state index contributed by atoms with van der Waals surface area (Å²) in [7, 11) is 0. The van der Waals surface area contributed by atoms with E-state index >= 15 is 0 Å². The number of nitrogens with zero attached hydrogens (tertiary/aromatic N) is 1. The van der Waals surface area contributed by atoms with Gasteiger partial charge in [-0.25, -0.2) is 4.98 Å². The van der Waals surface area contributed by atoms with Crippen LogP contribution in [0.1, 0.15) is 44.6 Å². The maximum Gasteiger partial charge on any atom is 0.192 e. The molecule has 0 unspecified atom stereocenters. The fraction of sp³-hybridized carbons (Fsp3) is 0.500. The van der Waals surface area contributed by atoms with Gasteiger partial charge in [0.05, 0.1) is 11.5 Å². The molecule has 0 atom stereocenters. The van der Waals surface area contributed by atoms with Crippen molar-refractivity contribution in [1.82, 2.24) is 4.98 Å². The van der Waals surface area contributed by atoms with Crippen LogP contribution >= 0.6 is 27.7 Å². The quantitative estimate of drug-likeness (QED) is 0.323. The lowest BCUT2D eigenvalue weighted by Crippen LogP contribution is -2.26. The van der Waals surface area contributed by atoms with Crippen LogP contribution in [0.4, 0.5) is 0 Å². The third-order valence-electron chi connectivity index (χ3n) is 2.45. The van der Waals surface area contributed by atoms with Crippen molar-refractivity contribution >= 4 is 33.5 Å². The van der Waals surface area contributed by atoms with Crippen molar-refractivity contribution in [2.45, 2.75) is 44.6 Å². The highest BCUT2D eigenvalue weighted by atomic mass is 79.9. The Morgan fingerprint density at radius 2 is 2.19 bits per heavy atom. The van der Waals surface area contributed by atoms with Crippen LogP contribution in [0, 0.1) is 11.8 Å². The second-order valence-electron chi connectivity index (χ2n) is 4.78. The molecule has 0 amide bonds. The van der Waals surface area contributed by atoms with Gasteiger partial charge in [-0.3, -0.25) is 4.79 Å². The minimum absolute atomic E-state index is 0.0254. The van der Waals surface area contributed by atoms with Crippen molar-refractivity contribution in [3.05, 3.63) is 18.0 Å². The van der Waals surface area contributed by atoms with E-state index in [4.69, 9.17) is 4.74 Å². The van der Waals surface area contributed by atoms with E-state index in [0.717, 1.165) is 17.1 Å². The summed E-state index contributed by atoms with van der Waals surface area (Å²) in [6.45, 7) is 7.87. The number of rotatable bonds is 6. The summed E-state index contributed by atoms with van der Waals surface area (Å²) in [5.74, 6) is 7.58. The molecule has 0 radical (unpaired) electrons. The monoisotopic (exact) mass is 369 g/mol. The first-order valence-corrected chi connectivity index (χ1v) is 8.95. The van der Waals surface area contributed by atoms with Gasteiger partial charge in [0, 0.05) is 11.3 Å². The highest BCUT2D eigenvalue weighted by Crippen LogP contribution is 2.28. The van der Waals surface area contributed by atoms with E-state index in [0.29, 0.717) is 11.4 Å². The molecule has 0 spiro atoms. The highest BCUT2D eigenvalue weighted by molar-refractivity contribution is 9.09. The number of thioether (sulfide) groups is 1. The van der Waals surface area contributed by atoms with Crippen molar-refractivity contribution in [1.29, 1.82) is 0 Å². The van der Waals surface area contributed by atoms with Crippen LogP contribution in [0.2, 0.25) is 0 Å². The summed E-state index contributed by atoms with van der Waals surface area (Å²) < 4.78 is 5.89. The molecule has 114 valence electrons. The average Bonchev–Trinajstić information content (AvgIpc) is 2.44. The van der Waals surface area contributed by atoms with E-state index < -0.39 is 5.60 Å². The summed E-state index contributed by atoms with van der Waals surface area (Å²) in [6.07, 6.45) is 2.38. The molecule has 0 saturated heterocycles. The molecule has 3 nitrogen and oxygen atoms in total. The van der Waals surface area contributed by atoms with Gasteiger partial charge >= 0.3 is 0 Å². The molecule has 5 heteroatoms. The molecule has 0 bridgehead atoms. The van der Waals surface area contributed by atoms with Gasteiger partial charge in [0.15, 0.2) is 11.4 Å². The van der Waals surface area contributed by atoms with E-state index in [9.17, 15) is 4.79 Å². The first kappa shape index (κ1) is 18.1. The Labute approximate surface area is 139 Å². The first-order chi connectivity index (χ1) is 9.93. The Hall–Kier alpha value is -0.990. The SMILES string of the molecule is CCC#CC(C)(C)Oc1cnc(C(=O)CBr)c(SCC)c1. The molecule has 0 saturated carbocycles. The number of hydrogen-bond acceptors (Lipinski definition) is 4. The van der Waals surface area contributed by atoms with Crippen molar-refractivity contribution in [3.63, 3.8) is 0 Å². The van der Waals surface area contributed by atoms with E-state index in [2.05, 4.69) is 32.8 Å². The van der Waals surface area contributed by atoms with Crippen molar-refractivity contribution in [2.24, 2.45) is 0 Å². The van der Waals surface area contributed by atoms with Crippen LogP contribution in [0.25, 0.3) is 0 Å². The number of ketones is 1. The molecule has 0 aliphatic carbocycles. The zero-order chi connectivity index (χ0) is 15.9. The second kappa shape index (κ2) is 8.45. The molecule has 0 aliphatic rings. The molecule has 1 heterocycles. The summed E-state index contributed by atoms with van der Waals surface area (Å²) in [4.78, 5) is 17.0. The summed E-state index contributed by atoms with van der Waals surface area (Å²) in [5.41, 5.74) is -0.0872. The Kier molecular flexibility index (Phi) is 7.27. The van der Waals surface area contributed by atoms with Crippen LogP contribution in [-0.4, -0.2) is 27.5 Å². The maximum atomic E-state index is 11.9. The van der Waals surface area contributed by atoms with Crippen LogP contribution in [0.3, 0.4) is 0 Å². The fourth-order valence-corrected chi connectivity index (χ4v) is 2.72. The summed E-state index contributed by atoms with van der Waals surface area (Å²) in [6, 6.07) is 1.87. The lowest BCUT2D eigenvalue weighted by Gasteiger charge is -2.21. The molecule has 0 aliphatic heterocycles. The minimum atomic E-state index is -0.577. The number of aromatic nitrogens is 1. The van der Waals surface area contributed by atoms with Crippen LogP contribution < -0.4 is 4.74 Å².